The summed E-state index contributed by atoms with van der Waals surface area (Å²) in [7, 11) is 0. The summed E-state index contributed by atoms with van der Waals surface area (Å²) in [6.45, 7) is 0. The first-order chi connectivity index (χ1) is 10.2. The molecule has 3 rings (SSSR count). The molecule has 3 N–H and O–H groups in total. The largest absolute Gasteiger partial charge is 0.481 e. The number of aromatic nitrogens is 1. The van der Waals surface area contributed by atoms with Crippen LogP contribution in [0, 0.1) is 0 Å². The number of aryl methyl sites for hydroxylation is 1. The maximum Gasteiger partial charge on any atom is 0.303 e. The second kappa shape index (κ2) is 5.32. The van der Waals surface area contributed by atoms with Gasteiger partial charge in [-0.1, -0.05) is 30.3 Å². The van der Waals surface area contributed by atoms with Crippen molar-refractivity contribution in [2.45, 2.75) is 12.8 Å². The van der Waals surface area contributed by atoms with Gasteiger partial charge in [-0.25, -0.2) is 0 Å². The van der Waals surface area contributed by atoms with E-state index in [0.29, 0.717) is 12.1 Å². The summed E-state index contributed by atoms with van der Waals surface area (Å²) in [6, 6.07) is 15.6. The quantitative estimate of drug-likeness (QED) is 0.721. The van der Waals surface area contributed by atoms with Crippen LogP contribution in [0.25, 0.3) is 16.6 Å². The molecule has 0 aliphatic carbocycles. The van der Waals surface area contributed by atoms with Crippen molar-refractivity contribution in [2.24, 2.45) is 0 Å². The molecule has 0 atom stereocenters. The molecule has 2 aromatic carbocycles. The van der Waals surface area contributed by atoms with Crippen LogP contribution in [-0.4, -0.2) is 15.6 Å². The van der Waals surface area contributed by atoms with Crippen LogP contribution < -0.4 is 5.73 Å². The van der Waals surface area contributed by atoms with Crippen LogP contribution in [0.4, 0.5) is 5.69 Å². The minimum atomic E-state index is -0.786. The van der Waals surface area contributed by atoms with Gasteiger partial charge in [-0.2, -0.15) is 0 Å². The van der Waals surface area contributed by atoms with Crippen molar-refractivity contribution >= 4 is 22.6 Å². The van der Waals surface area contributed by atoms with Crippen molar-refractivity contribution in [2.75, 3.05) is 5.73 Å². The Kier molecular flexibility index (Phi) is 3.36. The fourth-order valence-corrected chi connectivity index (χ4v) is 2.60. The Bertz CT molecular complexity index is 805. The lowest BCUT2D eigenvalue weighted by atomic mass is 10.1. The third-order valence-electron chi connectivity index (χ3n) is 3.60. The average molecular weight is 280 g/mol. The molecule has 0 amide bonds. The number of nitrogens with zero attached hydrogens (tertiary/aromatic N) is 1. The van der Waals surface area contributed by atoms with Gasteiger partial charge in [0, 0.05) is 18.0 Å². The predicted molar refractivity (Wildman–Crippen MR) is 83.6 cm³/mol. The first kappa shape index (κ1) is 13.2. The monoisotopic (exact) mass is 280 g/mol. The summed E-state index contributed by atoms with van der Waals surface area (Å²) in [6.07, 6.45) is 2.62. The number of fused-ring (bicyclic) bond motifs is 1. The molecular formula is C17H16N2O2. The SMILES string of the molecule is Nc1ccccc1-n1cc(CCC(=O)O)c2ccccc21. The molecule has 1 aromatic heterocycles. The standard InChI is InChI=1S/C17H16N2O2/c18-14-6-2-4-8-16(14)19-11-12(9-10-17(20)21)13-5-1-3-7-15(13)19/h1-8,11H,9-10,18H2,(H,20,21). The topological polar surface area (TPSA) is 68.2 Å². The van der Waals surface area contributed by atoms with Gasteiger partial charge in [0.05, 0.1) is 16.9 Å². The van der Waals surface area contributed by atoms with Crippen molar-refractivity contribution in [1.82, 2.24) is 4.57 Å². The van der Waals surface area contributed by atoms with Crippen molar-refractivity contribution in [3.8, 4) is 5.69 Å². The number of nitrogens with two attached hydrogens (primary N) is 1. The molecule has 0 unspecified atom stereocenters. The second-order valence-electron chi connectivity index (χ2n) is 4.99. The Morgan fingerprint density at radius 1 is 1.10 bits per heavy atom. The van der Waals surface area contributed by atoms with Crippen molar-refractivity contribution < 1.29 is 9.90 Å². The van der Waals surface area contributed by atoms with Gasteiger partial charge in [-0.15, -0.1) is 0 Å². The molecule has 21 heavy (non-hydrogen) atoms. The number of anilines is 1. The van der Waals surface area contributed by atoms with Crippen LogP contribution in [0.3, 0.4) is 0 Å². The number of carboxylic acids is 1. The molecule has 0 spiro atoms. The molecule has 0 bridgehead atoms. The highest BCUT2D eigenvalue weighted by molar-refractivity contribution is 5.87. The molecule has 106 valence electrons. The third kappa shape index (κ3) is 2.48. The first-order valence-corrected chi connectivity index (χ1v) is 6.82. The van der Waals surface area contributed by atoms with Crippen molar-refractivity contribution in [3.63, 3.8) is 0 Å². The molecular weight excluding hydrogens is 264 g/mol. The van der Waals surface area contributed by atoms with E-state index in [2.05, 4.69) is 0 Å². The number of carbonyl (C=O) groups is 1. The van der Waals surface area contributed by atoms with E-state index >= 15 is 0 Å². The number of benzene rings is 2. The Hall–Kier alpha value is -2.75. The molecule has 1 heterocycles. The predicted octanol–water partition coefficient (Wildman–Crippen LogP) is 3.23. The fraction of sp³-hybridized carbons (Fsp3) is 0.118. The lowest BCUT2D eigenvalue weighted by Gasteiger charge is -2.08. The van der Waals surface area contributed by atoms with Gasteiger partial charge >= 0.3 is 5.97 Å². The number of para-hydroxylation sites is 3. The zero-order valence-corrected chi connectivity index (χ0v) is 11.5. The van der Waals surface area contributed by atoms with Crippen LogP contribution in [0.15, 0.2) is 54.7 Å². The number of carboxylic acid groups (broad SMARTS) is 1. The third-order valence-corrected chi connectivity index (χ3v) is 3.60. The van der Waals surface area contributed by atoms with Gasteiger partial charge in [-0.05, 0) is 30.2 Å². The Morgan fingerprint density at radius 3 is 2.57 bits per heavy atom. The van der Waals surface area contributed by atoms with E-state index in [4.69, 9.17) is 10.8 Å². The van der Waals surface area contributed by atoms with E-state index in [9.17, 15) is 4.79 Å². The number of rotatable bonds is 4. The van der Waals surface area contributed by atoms with Crippen LogP contribution in [0.5, 0.6) is 0 Å². The second-order valence-corrected chi connectivity index (χ2v) is 4.99. The zero-order valence-electron chi connectivity index (χ0n) is 11.5. The van der Waals surface area contributed by atoms with Crippen LogP contribution in [-0.2, 0) is 11.2 Å². The summed E-state index contributed by atoms with van der Waals surface area (Å²) in [5.74, 6) is -0.786. The van der Waals surface area contributed by atoms with Crippen molar-refractivity contribution in [3.05, 3.63) is 60.3 Å². The number of aliphatic carboxylic acids is 1. The number of hydrogen-bond acceptors (Lipinski definition) is 2. The van der Waals surface area contributed by atoms with E-state index in [1.165, 1.54) is 0 Å². The normalized spacial score (nSPS) is 10.9. The average Bonchev–Trinajstić information content (AvgIpc) is 2.84. The molecule has 3 aromatic rings. The van der Waals surface area contributed by atoms with E-state index in [0.717, 1.165) is 22.2 Å². The molecule has 0 radical (unpaired) electrons. The molecule has 0 saturated carbocycles. The summed E-state index contributed by atoms with van der Waals surface area (Å²) >= 11 is 0. The molecule has 0 aliphatic rings. The summed E-state index contributed by atoms with van der Waals surface area (Å²) < 4.78 is 2.03. The van der Waals surface area contributed by atoms with Gasteiger partial charge in [-0.3, -0.25) is 4.79 Å². The lowest BCUT2D eigenvalue weighted by molar-refractivity contribution is -0.136. The van der Waals surface area contributed by atoms with Crippen LogP contribution in [0.1, 0.15) is 12.0 Å². The highest BCUT2D eigenvalue weighted by atomic mass is 16.4. The van der Waals surface area contributed by atoms with Gasteiger partial charge in [0.1, 0.15) is 0 Å². The highest BCUT2D eigenvalue weighted by Gasteiger charge is 2.11. The maximum absolute atomic E-state index is 10.8. The molecule has 0 aliphatic heterocycles. The summed E-state index contributed by atoms with van der Waals surface area (Å²) in [5, 5.41) is 9.96. The maximum atomic E-state index is 10.8. The Morgan fingerprint density at radius 2 is 1.81 bits per heavy atom. The van der Waals surface area contributed by atoms with Gasteiger partial charge in [0.15, 0.2) is 0 Å². The smallest absolute Gasteiger partial charge is 0.303 e. The van der Waals surface area contributed by atoms with Crippen molar-refractivity contribution in [1.29, 1.82) is 0 Å². The molecule has 0 fully saturated rings. The number of hydrogen-bond donors (Lipinski definition) is 2. The Labute approximate surface area is 122 Å². The zero-order chi connectivity index (χ0) is 14.8. The van der Waals surface area contributed by atoms with E-state index < -0.39 is 5.97 Å². The van der Waals surface area contributed by atoms with Gasteiger partial charge in [0.2, 0.25) is 0 Å². The Balaban J connectivity index is 2.15. The van der Waals surface area contributed by atoms with Gasteiger partial charge < -0.3 is 15.4 Å². The summed E-state index contributed by atoms with van der Waals surface area (Å²) in [5.41, 5.74) is 9.73. The molecule has 0 saturated heterocycles. The number of nitrogen functional groups attached to an aromatic ring is 1. The van der Waals surface area contributed by atoms with Gasteiger partial charge in [0.25, 0.3) is 0 Å². The molecule has 4 nitrogen and oxygen atoms in total. The highest BCUT2D eigenvalue weighted by Crippen LogP contribution is 2.28. The van der Waals surface area contributed by atoms with Crippen LogP contribution in [0.2, 0.25) is 0 Å². The van der Waals surface area contributed by atoms with Crippen LogP contribution >= 0.6 is 0 Å². The first-order valence-electron chi connectivity index (χ1n) is 6.82. The minimum absolute atomic E-state index is 0.123. The molecule has 4 heteroatoms. The fourth-order valence-electron chi connectivity index (χ4n) is 2.60. The summed E-state index contributed by atoms with van der Waals surface area (Å²) in [4.78, 5) is 10.8. The lowest BCUT2D eigenvalue weighted by Crippen LogP contribution is -1.98. The van der Waals surface area contributed by atoms with E-state index in [-0.39, 0.29) is 6.42 Å². The minimum Gasteiger partial charge on any atom is -0.481 e. The van der Waals surface area contributed by atoms with E-state index in [1.54, 1.807) is 0 Å². The van der Waals surface area contributed by atoms with E-state index in [1.807, 2.05) is 59.3 Å².